The van der Waals surface area contributed by atoms with Crippen LogP contribution in [0.2, 0.25) is 0 Å². The second kappa shape index (κ2) is 3.89. The summed E-state index contributed by atoms with van der Waals surface area (Å²) in [5.41, 5.74) is 0. The van der Waals surface area contributed by atoms with Crippen molar-refractivity contribution < 1.29 is 16.5 Å². The minimum atomic E-state index is 0. The summed E-state index contributed by atoms with van der Waals surface area (Å²) in [5.74, 6) is 0. The molecule has 0 aromatic heterocycles. The van der Waals surface area contributed by atoms with Crippen LogP contribution in [0.15, 0.2) is 30.3 Å². The fourth-order valence-corrected chi connectivity index (χ4v) is 0.342. The standard InChI is InChI=1S/C6H5.Ni/c1-2-4-6-5-3-1;/h1-5H;. The Morgan fingerprint density at radius 1 is 0.857 bits per heavy atom. The minimum Gasteiger partial charge on any atom is -0.0622 e. The van der Waals surface area contributed by atoms with Crippen LogP contribution in [-0.4, -0.2) is 0 Å². The molecule has 1 aromatic rings. The molecule has 1 aromatic carbocycles. The van der Waals surface area contributed by atoms with E-state index in [1.807, 2.05) is 30.3 Å². The van der Waals surface area contributed by atoms with Gasteiger partial charge in [0.25, 0.3) is 0 Å². The van der Waals surface area contributed by atoms with Gasteiger partial charge in [0.1, 0.15) is 0 Å². The molecule has 39 valence electrons. The number of hydrogen-bond donors (Lipinski definition) is 0. The summed E-state index contributed by atoms with van der Waals surface area (Å²) in [7, 11) is 0. The molecule has 0 unspecified atom stereocenters. The Kier molecular flexibility index (Phi) is 3.73. The van der Waals surface area contributed by atoms with Crippen LogP contribution in [0.1, 0.15) is 0 Å². The minimum absolute atomic E-state index is 0. The fraction of sp³-hybridized carbons (Fsp3) is 0. The molecule has 0 aliphatic carbocycles. The molecule has 0 aliphatic rings. The first kappa shape index (κ1) is 6.71. The third-order valence-corrected chi connectivity index (χ3v) is 0.607. The van der Waals surface area contributed by atoms with Gasteiger partial charge >= 0.3 is 0 Å². The second-order valence-electron chi connectivity index (χ2n) is 1.08. The molecular weight excluding hydrogens is 131 g/mol. The molecule has 0 saturated heterocycles. The summed E-state index contributed by atoms with van der Waals surface area (Å²) in [6, 6.07) is 12.5. The molecule has 1 radical (unpaired) electrons. The first-order valence-corrected chi connectivity index (χ1v) is 1.91. The van der Waals surface area contributed by atoms with E-state index in [1.165, 1.54) is 0 Å². The van der Waals surface area contributed by atoms with Crippen LogP contribution in [0.25, 0.3) is 0 Å². The van der Waals surface area contributed by atoms with Crippen molar-refractivity contribution in [3.8, 4) is 0 Å². The summed E-state index contributed by atoms with van der Waals surface area (Å²) < 4.78 is 0. The van der Waals surface area contributed by atoms with Crippen molar-refractivity contribution >= 4 is 0 Å². The van der Waals surface area contributed by atoms with Gasteiger partial charge in [0, 0.05) is 16.5 Å². The zero-order chi connectivity index (χ0) is 4.24. The van der Waals surface area contributed by atoms with Crippen molar-refractivity contribution in [1.82, 2.24) is 0 Å². The molecule has 1 heteroatoms. The predicted octanol–water partition coefficient (Wildman–Crippen LogP) is 1.48. The summed E-state index contributed by atoms with van der Waals surface area (Å²) in [6.07, 6.45) is 0. The predicted molar refractivity (Wildman–Crippen MR) is 25.3 cm³/mol. The third-order valence-electron chi connectivity index (χ3n) is 0.607. The maximum Gasteiger partial charge on any atom is 0 e. The van der Waals surface area contributed by atoms with E-state index in [0.29, 0.717) is 0 Å². The third kappa shape index (κ3) is 2.41. The molecule has 7 heavy (non-hydrogen) atoms. The van der Waals surface area contributed by atoms with Crippen LogP contribution < -0.4 is 0 Å². The van der Waals surface area contributed by atoms with E-state index < -0.39 is 0 Å². The SMILES string of the molecule is [Ni].[c]1ccccc1. The monoisotopic (exact) mass is 135 g/mol. The van der Waals surface area contributed by atoms with Gasteiger partial charge in [-0.25, -0.2) is 0 Å². The topological polar surface area (TPSA) is 0 Å². The van der Waals surface area contributed by atoms with E-state index in [2.05, 4.69) is 6.07 Å². The molecule has 0 spiro atoms. The molecule has 0 fully saturated rings. The number of rotatable bonds is 0. The number of hydrogen-bond acceptors (Lipinski definition) is 0. The average Bonchev–Trinajstić information content (AvgIpc) is 1.72. The van der Waals surface area contributed by atoms with Gasteiger partial charge < -0.3 is 0 Å². The van der Waals surface area contributed by atoms with Crippen LogP contribution in [0.5, 0.6) is 0 Å². The van der Waals surface area contributed by atoms with Crippen molar-refractivity contribution in [1.29, 1.82) is 0 Å². The van der Waals surface area contributed by atoms with Gasteiger partial charge in [0.15, 0.2) is 0 Å². The molecule has 1 rings (SSSR count). The summed E-state index contributed by atoms with van der Waals surface area (Å²) >= 11 is 0. The van der Waals surface area contributed by atoms with Gasteiger partial charge in [-0.15, -0.1) is 0 Å². The van der Waals surface area contributed by atoms with Gasteiger partial charge in [-0.3, -0.25) is 0 Å². The Morgan fingerprint density at radius 3 is 1.57 bits per heavy atom. The molecule has 0 amide bonds. The summed E-state index contributed by atoms with van der Waals surface area (Å²) in [6.45, 7) is 0. The normalized spacial score (nSPS) is 6.86. The fourth-order valence-electron chi connectivity index (χ4n) is 0.342. The zero-order valence-electron chi connectivity index (χ0n) is 3.70. The molecular formula is C6H5Ni. The van der Waals surface area contributed by atoms with Crippen molar-refractivity contribution in [2.45, 2.75) is 0 Å². The average molecular weight is 136 g/mol. The Labute approximate surface area is 53.5 Å². The van der Waals surface area contributed by atoms with Gasteiger partial charge in [0.2, 0.25) is 0 Å². The molecule has 0 saturated carbocycles. The van der Waals surface area contributed by atoms with E-state index >= 15 is 0 Å². The molecule has 0 N–H and O–H groups in total. The van der Waals surface area contributed by atoms with Gasteiger partial charge in [0.05, 0.1) is 0 Å². The van der Waals surface area contributed by atoms with E-state index in [9.17, 15) is 0 Å². The zero-order valence-corrected chi connectivity index (χ0v) is 4.69. The molecule has 0 heterocycles. The van der Waals surface area contributed by atoms with Crippen LogP contribution in [-0.2, 0) is 16.5 Å². The van der Waals surface area contributed by atoms with Crippen molar-refractivity contribution in [2.75, 3.05) is 0 Å². The molecule has 0 aliphatic heterocycles. The second-order valence-corrected chi connectivity index (χ2v) is 1.08. The Morgan fingerprint density at radius 2 is 1.43 bits per heavy atom. The van der Waals surface area contributed by atoms with E-state index in [0.717, 1.165) is 0 Å². The Bertz CT molecular complexity index is 76.1. The van der Waals surface area contributed by atoms with Gasteiger partial charge in [-0.2, -0.15) is 0 Å². The van der Waals surface area contributed by atoms with Crippen molar-refractivity contribution in [3.63, 3.8) is 0 Å². The molecule has 0 bridgehead atoms. The number of benzene rings is 1. The largest absolute Gasteiger partial charge is 0.0622 e. The van der Waals surface area contributed by atoms with Crippen LogP contribution in [0.4, 0.5) is 0 Å². The summed E-state index contributed by atoms with van der Waals surface area (Å²) in [4.78, 5) is 0. The van der Waals surface area contributed by atoms with Gasteiger partial charge in [-0.1, -0.05) is 30.3 Å². The molecule has 0 nitrogen and oxygen atoms in total. The quantitative estimate of drug-likeness (QED) is 0.473. The molecule has 0 atom stereocenters. The van der Waals surface area contributed by atoms with E-state index in [-0.39, 0.29) is 16.5 Å². The Balaban J connectivity index is 0.000000360. The van der Waals surface area contributed by atoms with Crippen molar-refractivity contribution in [3.05, 3.63) is 36.4 Å². The van der Waals surface area contributed by atoms with Crippen LogP contribution in [0, 0.1) is 6.07 Å². The summed E-state index contributed by atoms with van der Waals surface area (Å²) in [5, 5.41) is 0. The first-order chi connectivity index (χ1) is 3.00. The van der Waals surface area contributed by atoms with Crippen LogP contribution >= 0.6 is 0 Å². The maximum atomic E-state index is 2.89. The van der Waals surface area contributed by atoms with E-state index in [1.54, 1.807) is 0 Å². The first-order valence-electron chi connectivity index (χ1n) is 1.91. The van der Waals surface area contributed by atoms with Crippen LogP contribution in [0.3, 0.4) is 0 Å². The van der Waals surface area contributed by atoms with E-state index in [4.69, 9.17) is 0 Å². The van der Waals surface area contributed by atoms with Gasteiger partial charge in [-0.05, 0) is 6.07 Å². The Hall–Kier alpha value is -0.286. The smallest absolute Gasteiger partial charge is 0 e. The maximum absolute atomic E-state index is 2.89. The van der Waals surface area contributed by atoms with Crippen molar-refractivity contribution in [2.24, 2.45) is 0 Å².